The second-order valence-corrected chi connectivity index (χ2v) is 4.75. The average molecular weight is 306 g/mol. The van der Waals surface area contributed by atoms with Gasteiger partial charge in [0.15, 0.2) is 6.10 Å². The van der Waals surface area contributed by atoms with E-state index in [0.717, 1.165) is 0 Å². The van der Waals surface area contributed by atoms with Gasteiger partial charge in [-0.05, 0) is 26.0 Å². The standard InChI is InChI=1S/C12H13Cl2NO4/c1-6(12(17)18)15-11(16)7(2)19-10-5-8(13)3-4-9(10)14/h3-7H,1-2H3,(H,15,16)(H,17,18). The molecular formula is C12H13Cl2NO4. The summed E-state index contributed by atoms with van der Waals surface area (Å²) < 4.78 is 5.35. The SMILES string of the molecule is CC(NC(=O)C(C)Oc1cc(Cl)ccc1Cl)C(=O)O. The van der Waals surface area contributed by atoms with Crippen LogP contribution in [-0.2, 0) is 9.59 Å². The minimum atomic E-state index is -1.12. The fourth-order valence-electron chi connectivity index (χ4n) is 1.20. The largest absolute Gasteiger partial charge is 0.480 e. The molecule has 1 amide bonds. The molecule has 2 unspecified atom stereocenters. The molecular weight excluding hydrogens is 293 g/mol. The lowest BCUT2D eigenvalue weighted by Gasteiger charge is -2.17. The first kappa shape index (κ1) is 15.6. The molecule has 0 radical (unpaired) electrons. The Kier molecular flexibility index (Phi) is 5.44. The minimum Gasteiger partial charge on any atom is -0.480 e. The van der Waals surface area contributed by atoms with E-state index in [1.165, 1.54) is 19.9 Å². The van der Waals surface area contributed by atoms with Crippen LogP contribution in [0.2, 0.25) is 10.0 Å². The van der Waals surface area contributed by atoms with Crippen molar-refractivity contribution in [2.24, 2.45) is 0 Å². The molecule has 0 saturated carbocycles. The normalized spacial score (nSPS) is 13.5. The van der Waals surface area contributed by atoms with Crippen LogP contribution < -0.4 is 10.1 Å². The van der Waals surface area contributed by atoms with Gasteiger partial charge in [-0.15, -0.1) is 0 Å². The summed E-state index contributed by atoms with van der Waals surface area (Å²) in [4.78, 5) is 22.3. The number of ether oxygens (including phenoxy) is 1. The molecule has 1 rings (SSSR count). The van der Waals surface area contributed by atoms with Gasteiger partial charge in [0, 0.05) is 11.1 Å². The fourth-order valence-corrected chi connectivity index (χ4v) is 1.53. The number of hydrogen-bond acceptors (Lipinski definition) is 3. The molecule has 19 heavy (non-hydrogen) atoms. The molecule has 0 spiro atoms. The van der Waals surface area contributed by atoms with Crippen molar-refractivity contribution < 1.29 is 19.4 Å². The molecule has 0 fully saturated rings. The molecule has 0 saturated heterocycles. The van der Waals surface area contributed by atoms with Gasteiger partial charge < -0.3 is 15.2 Å². The number of carboxylic acid groups (broad SMARTS) is 1. The number of carbonyl (C=O) groups excluding carboxylic acids is 1. The number of nitrogens with one attached hydrogen (secondary N) is 1. The van der Waals surface area contributed by atoms with Crippen LogP contribution in [0, 0.1) is 0 Å². The Bertz CT molecular complexity index is 493. The van der Waals surface area contributed by atoms with Crippen LogP contribution in [0.3, 0.4) is 0 Å². The summed E-state index contributed by atoms with van der Waals surface area (Å²) in [6, 6.07) is 3.62. The first-order chi connectivity index (χ1) is 8.81. The number of halogens is 2. The van der Waals surface area contributed by atoms with E-state index in [4.69, 9.17) is 33.0 Å². The molecule has 7 heteroatoms. The van der Waals surface area contributed by atoms with Crippen molar-refractivity contribution in [3.63, 3.8) is 0 Å². The summed E-state index contributed by atoms with van der Waals surface area (Å²) in [5, 5.41) is 11.7. The number of hydrogen-bond donors (Lipinski definition) is 2. The summed E-state index contributed by atoms with van der Waals surface area (Å²) in [7, 11) is 0. The Hall–Kier alpha value is -1.46. The minimum absolute atomic E-state index is 0.264. The van der Waals surface area contributed by atoms with Crippen molar-refractivity contribution >= 4 is 35.1 Å². The van der Waals surface area contributed by atoms with E-state index in [9.17, 15) is 9.59 Å². The molecule has 2 atom stereocenters. The summed E-state index contributed by atoms with van der Waals surface area (Å²) in [6.45, 7) is 2.85. The lowest BCUT2D eigenvalue weighted by atomic mass is 10.3. The van der Waals surface area contributed by atoms with Gasteiger partial charge in [0.2, 0.25) is 0 Å². The molecule has 0 aliphatic heterocycles. The summed E-state index contributed by atoms with van der Waals surface area (Å²) in [6.07, 6.45) is -0.891. The summed E-state index contributed by atoms with van der Waals surface area (Å²) >= 11 is 11.7. The average Bonchev–Trinajstić information content (AvgIpc) is 2.33. The molecule has 2 N–H and O–H groups in total. The summed E-state index contributed by atoms with van der Waals surface area (Å²) in [5.41, 5.74) is 0. The molecule has 5 nitrogen and oxygen atoms in total. The van der Waals surface area contributed by atoms with Gasteiger partial charge >= 0.3 is 5.97 Å². The van der Waals surface area contributed by atoms with Gasteiger partial charge in [0.05, 0.1) is 5.02 Å². The number of carboxylic acids is 1. The quantitative estimate of drug-likeness (QED) is 0.875. The van der Waals surface area contributed by atoms with Crippen molar-refractivity contribution in [1.82, 2.24) is 5.32 Å². The molecule has 0 bridgehead atoms. The highest BCUT2D eigenvalue weighted by Gasteiger charge is 2.21. The lowest BCUT2D eigenvalue weighted by Crippen LogP contribution is -2.44. The van der Waals surface area contributed by atoms with Gasteiger partial charge in [-0.2, -0.15) is 0 Å². The van der Waals surface area contributed by atoms with E-state index >= 15 is 0 Å². The first-order valence-electron chi connectivity index (χ1n) is 5.46. The second kappa shape index (κ2) is 6.63. The molecule has 104 valence electrons. The number of rotatable bonds is 5. The highest BCUT2D eigenvalue weighted by Crippen LogP contribution is 2.28. The Balaban J connectivity index is 2.68. The molecule has 0 aliphatic rings. The van der Waals surface area contributed by atoms with Crippen molar-refractivity contribution in [3.8, 4) is 5.75 Å². The lowest BCUT2D eigenvalue weighted by molar-refractivity contribution is -0.142. The van der Waals surface area contributed by atoms with Crippen LogP contribution in [-0.4, -0.2) is 29.1 Å². The van der Waals surface area contributed by atoms with Crippen molar-refractivity contribution in [2.45, 2.75) is 26.0 Å². The Morgan fingerprint density at radius 2 is 1.95 bits per heavy atom. The van der Waals surface area contributed by atoms with Crippen LogP contribution in [0.4, 0.5) is 0 Å². The van der Waals surface area contributed by atoms with Crippen LogP contribution in [0.1, 0.15) is 13.8 Å². The number of benzene rings is 1. The predicted octanol–water partition coefficient (Wildman–Crippen LogP) is 2.35. The highest BCUT2D eigenvalue weighted by molar-refractivity contribution is 6.34. The topological polar surface area (TPSA) is 75.6 Å². The molecule has 0 aromatic heterocycles. The van der Waals surface area contributed by atoms with Gasteiger partial charge in [-0.25, -0.2) is 0 Å². The zero-order valence-corrected chi connectivity index (χ0v) is 11.8. The van der Waals surface area contributed by atoms with Gasteiger partial charge in [0.1, 0.15) is 11.8 Å². The Morgan fingerprint density at radius 3 is 2.53 bits per heavy atom. The Labute approximate surface area is 120 Å². The smallest absolute Gasteiger partial charge is 0.325 e. The van der Waals surface area contributed by atoms with Gasteiger partial charge in [-0.3, -0.25) is 9.59 Å². The van der Waals surface area contributed by atoms with E-state index in [1.54, 1.807) is 12.1 Å². The number of carbonyl (C=O) groups is 2. The monoisotopic (exact) mass is 305 g/mol. The second-order valence-electron chi connectivity index (χ2n) is 3.90. The van der Waals surface area contributed by atoms with Crippen LogP contribution in [0.5, 0.6) is 5.75 Å². The third kappa shape index (κ3) is 4.61. The van der Waals surface area contributed by atoms with E-state index in [-0.39, 0.29) is 5.75 Å². The van der Waals surface area contributed by atoms with E-state index in [2.05, 4.69) is 5.32 Å². The zero-order valence-electron chi connectivity index (χ0n) is 10.3. The fraction of sp³-hybridized carbons (Fsp3) is 0.333. The molecule has 1 aromatic carbocycles. The maximum Gasteiger partial charge on any atom is 0.325 e. The third-order valence-corrected chi connectivity index (χ3v) is 2.84. The maximum absolute atomic E-state index is 11.7. The van der Waals surface area contributed by atoms with E-state index in [0.29, 0.717) is 10.0 Å². The number of aliphatic carboxylic acids is 1. The molecule has 0 heterocycles. The molecule has 1 aromatic rings. The predicted molar refractivity (Wildman–Crippen MR) is 71.8 cm³/mol. The van der Waals surface area contributed by atoms with Crippen molar-refractivity contribution in [3.05, 3.63) is 28.2 Å². The van der Waals surface area contributed by atoms with Crippen molar-refractivity contribution in [2.75, 3.05) is 0 Å². The van der Waals surface area contributed by atoms with Crippen LogP contribution in [0.25, 0.3) is 0 Å². The van der Waals surface area contributed by atoms with E-state index < -0.39 is 24.0 Å². The molecule has 0 aliphatic carbocycles. The van der Waals surface area contributed by atoms with Gasteiger partial charge in [-0.1, -0.05) is 23.2 Å². The summed E-state index contributed by atoms with van der Waals surface area (Å²) in [5.74, 6) is -1.41. The zero-order chi connectivity index (χ0) is 14.6. The maximum atomic E-state index is 11.7. The Morgan fingerprint density at radius 1 is 1.32 bits per heavy atom. The van der Waals surface area contributed by atoms with Crippen LogP contribution >= 0.6 is 23.2 Å². The third-order valence-electron chi connectivity index (χ3n) is 2.30. The van der Waals surface area contributed by atoms with Crippen molar-refractivity contribution in [1.29, 1.82) is 0 Å². The van der Waals surface area contributed by atoms with E-state index in [1.807, 2.05) is 0 Å². The van der Waals surface area contributed by atoms with Gasteiger partial charge in [0.25, 0.3) is 5.91 Å². The van der Waals surface area contributed by atoms with Crippen LogP contribution in [0.15, 0.2) is 18.2 Å². The highest BCUT2D eigenvalue weighted by atomic mass is 35.5. The number of amides is 1. The first-order valence-corrected chi connectivity index (χ1v) is 6.21.